The zero-order valence-electron chi connectivity index (χ0n) is 13.7. The van der Waals surface area contributed by atoms with Gasteiger partial charge in [0.25, 0.3) is 0 Å². The van der Waals surface area contributed by atoms with Crippen molar-refractivity contribution in [3.63, 3.8) is 0 Å². The van der Waals surface area contributed by atoms with Crippen molar-refractivity contribution in [1.82, 2.24) is 9.96 Å². The minimum atomic E-state index is 0.673. The third-order valence-corrected chi connectivity index (χ3v) is 4.61. The highest BCUT2D eigenvalue weighted by Gasteiger charge is 2.35. The van der Waals surface area contributed by atoms with Crippen LogP contribution in [0.5, 0.6) is 0 Å². The lowest BCUT2D eigenvalue weighted by Gasteiger charge is -2.40. The van der Waals surface area contributed by atoms with Gasteiger partial charge in [0.05, 0.1) is 25.2 Å². The third-order valence-electron chi connectivity index (χ3n) is 4.61. The molecule has 1 aromatic carbocycles. The van der Waals surface area contributed by atoms with Crippen LogP contribution in [-0.4, -0.2) is 36.5 Å². The summed E-state index contributed by atoms with van der Waals surface area (Å²) in [6, 6.07) is 10.5. The zero-order valence-corrected chi connectivity index (χ0v) is 13.7. The Morgan fingerprint density at radius 3 is 2.61 bits per heavy atom. The highest BCUT2D eigenvalue weighted by molar-refractivity contribution is 5.83. The number of nitrogens with zero attached hydrogens (tertiary/aromatic N) is 4. The summed E-state index contributed by atoms with van der Waals surface area (Å²) >= 11 is 0. The summed E-state index contributed by atoms with van der Waals surface area (Å²) in [4.78, 5) is 14.7. The normalized spacial score (nSPS) is 20.1. The van der Waals surface area contributed by atoms with Gasteiger partial charge >= 0.3 is 0 Å². The highest BCUT2D eigenvalue weighted by Crippen LogP contribution is 2.38. The van der Waals surface area contributed by atoms with Gasteiger partial charge in [-0.1, -0.05) is 18.2 Å². The molecule has 5 heteroatoms. The van der Waals surface area contributed by atoms with Gasteiger partial charge in [0.1, 0.15) is 18.2 Å². The van der Waals surface area contributed by atoms with E-state index < -0.39 is 0 Å². The van der Waals surface area contributed by atoms with E-state index in [-0.39, 0.29) is 0 Å². The van der Waals surface area contributed by atoms with Crippen LogP contribution in [0.2, 0.25) is 0 Å². The number of hydroxylamine groups is 2. The lowest BCUT2D eigenvalue weighted by atomic mass is 10.0. The van der Waals surface area contributed by atoms with Crippen molar-refractivity contribution in [1.29, 1.82) is 0 Å². The molecule has 0 spiro atoms. The van der Waals surface area contributed by atoms with Crippen molar-refractivity contribution in [2.75, 3.05) is 25.2 Å². The van der Waals surface area contributed by atoms with E-state index >= 15 is 0 Å². The number of hydrogen-bond donors (Lipinski definition) is 0. The van der Waals surface area contributed by atoms with Crippen LogP contribution in [0.3, 0.4) is 0 Å². The molecular formula is C18H20N4O. The molecule has 3 heterocycles. The SMILES string of the molecule is CON1C=C2C=NC3=C(N2C1)N(c1ccccc1)CC(C)=C3C. The average molecular weight is 308 g/mol. The van der Waals surface area contributed by atoms with E-state index in [1.165, 1.54) is 16.8 Å². The molecule has 5 nitrogen and oxygen atoms in total. The summed E-state index contributed by atoms with van der Waals surface area (Å²) < 4.78 is 0. The lowest BCUT2D eigenvalue weighted by molar-refractivity contribution is -0.0951. The fraction of sp³-hybridized carbons (Fsp3) is 0.278. The van der Waals surface area contributed by atoms with Crippen molar-refractivity contribution in [3.05, 3.63) is 64.9 Å². The van der Waals surface area contributed by atoms with Crippen LogP contribution in [0.15, 0.2) is 69.9 Å². The Bertz CT molecular complexity index is 760. The van der Waals surface area contributed by atoms with E-state index in [1.54, 1.807) is 7.11 Å². The Hall–Kier alpha value is -2.53. The second kappa shape index (κ2) is 5.28. The summed E-state index contributed by atoms with van der Waals surface area (Å²) in [6.45, 7) is 5.89. The topological polar surface area (TPSA) is 31.3 Å². The van der Waals surface area contributed by atoms with Gasteiger partial charge < -0.3 is 9.80 Å². The molecular weight excluding hydrogens is 288 g/mol. The molecule has 0 fully saturated rings. The number of benzene rings is 1. The molecule has 0 N–H and O–H groups in total. The summed E-state index contributed by atoms with van der Waals surface area (Å²) in [5.41, 5.74) is 5.89. The molecule has 0 aliphatic carbocycles. The molecule has 4 rings (SSSR count). The molecule has 0 unspecified atom stereocenters. The smallest absolute Gasteiger partial charge is 0.142 e. The van der Waals surface area contributed by atoms with Gasteiger partial charge in [-0.3, -0.25) is 9.83 Å². The average Bonchev–Trinajstić information content (AvgIpc) is 3.02. The Morgan fingerprint density at radius 1 is 1.09 bits per heavy atom. The fourth-order valence-electron chi connectivity index (χ4n) is 3.19. The first-order chi connectivity index (χ1) is 11.2. The predicted molar refractivity (Wildman–Crippen MR) is 91.3 cm³/mol. The minimum absolute atomic E-state index is 0.673. The molecule has 0 atom stereocenters. The molecule has 3 aliphatic heterocycles. The van der Waals surface area contributed by atoms with Gasteiger partial charge in [-0.25, -0.2) is 5.06 Å². The minimum Gasteiger partial charge on any atom is -0.322 e. The quantitative estimate of drug-likeness (QED) is 0.840. The van der Waals surface area contributed by atoms with Gasteiger partial charge in [-0.2, -0.15) is 0 Å². The number of anilines is 1. The van der Waals surface area contributed by atoms with Crippen LogP contribution in [0.1, 0.15) is 13.8 Å². The number of fused-ring (bicyclic) bond motifs is 2. The maximum Gasteiger partial charge on any atom is 0.142 e. The highest BCUT2D eigenvalue weighted by atomic mass is 16.7. The number of allylic oxidation sites excluding steroid dienone is 2. The molecule has 3 aliphatic rings. The van der Waals surface area contributed by atoms with Gasteiger partial charge in [0.2, 0.25) is 0 Å². The number of aliphatic imine (C=N–C) groups is 1. The molecule has 0 radical (unpaired) electrons. The van der Waals surface area contributed by atoms with Gasteiger partial charge in [0.15, 0.2) is 0 Å². The third kappa shape index (κ3) is 2.16. The maximum atomic E-state index is 5.37. The molecule has 0 amide bonds. The Kier molecular flexibility index (Phi) is 3.23. The van der Waals surface area contributed by atoms with Crippen molar-refractivity contribution in [2.45, 2.75) is 13.8 Å². The van der Waals surface area contributed by atoms with Gasteiger partial charge in [0, 0.05) is 12.2 Å². The van der Waals surface area contributed by atoms with Crippen LogP contribution in [0, 0.1) is 0 Å². The van der Waals surface area contributed by atoms with Crippen LogP contribution in [0.4, 0.5) is 5.69 Å². The van der Waals surface area contributed by atoms with E-state index in [1.807, 2.05) is 23.5 Å². The van der Waals surface area contributed by atoms with E-state index in [0.29, 0.717) is 6.67 Å². The number of hydrogen-bond acceptors (Lipinski definition) is 5. The summed E-state index contributed by atoms with van der Waals surface area (Å²) in [5, 5.41) is 1.82. The van der Waals surface area contributed by atoms with Crippen molar-refractivity contribution in [3.8, 4) is 0 Å². The molecule has 0 saturated heterocycles. The second-order valence-electron chi connectivity index (χ2n) is 5.98. The van der Waals surface area contributed by atoms with Crippen LogP contribution >= 0.6 is 0 Å². The molecule has 118 valence electrons. The monoisotopic (exact) mass is 308 g/mol. The molecule has 0 saturated carbocycles. The lowest BCUT2D eigenvalue weighted by Crippen LogP contribution is -2.41. The van der Waals surface area contributed by atoms with E-state index in [9.17, 15) is 0 Å². The van der Waals surface area contributed by atoms with Crippen LogP contribution in [-0.2, 0) is 4.84 Å². The molecule has 0 bridgehead atoms. The molecule has 23 heavy (non-hydrogen) atoms. The van der Waals surface area contributed by atoms with Crippen LogP contribution in [0.25, 0.3) is 0 Å². The fourth-order valence-corrected chi connectivity index (χ4v) is 3.19. The maximum absolute atomic E-state index is 5.37. The predicted octanol–water partition coefficient (Wildman–Crippen LogP) is 3.07. The largest absolute Gasteiger partial charge is 0.322 e. The Morgan fingerprint density at radius 2 is 1.87 bits per heavy atom. The number of rotatable bonds is 2. The summed E-state index contributed by atoms with van der Waals surface area (Å²) in [6.07, 6.45) is 3.90. The zero-order chi connectivity index (χ0) is 16.0. The van der Waals surface area contributed by atoms with E-state index in [0.717, 1.165) is 23.8 Å². The van der Waals surface area contributed by atoms with Crippen molar-refractivity contribution >= 4 is 11.9 Å². The first-order valence-corrected chi connectivity index (χ1v) is 7.77. The summed E-state index contributed by atoms with van der Waals surface area (Å²) in [7, 11) is 1.69. The first-order valence-electron chi connectivity index (χ1n) is 7.77. The Balaban J connectivity index is 1.84. The van der Waals surface area contributed by atoms with Crippen molar-refractivity contribution < 1.29 is 4.84 Å². The second-order valence-corrected chi connectivity index (χ2v) is 5.98. The van der Waals surface area contributed by atoms with E-state index in [4.69, 9.17) is 9.83 Å². The molecule has 0 aromatic heterocycles. The Labute approximate surface area is 136 Å². The van der Waals surface area contributed by atoms with Gasteiger partial charge in [-0.15, -0.1) is 0 Å². The standard InChI is InChI=1S/C18H20N4O/c1-13-10-21(15-7-5-4-6-8-15)18-17(14(13)2)19-9-16-11-20(23-3)12-22(16)18/h4-9,11H,10,12H2,1-3H3. The first kappa shape index (κ1) is 14.1. The van der Waals surface area contributed by atoms with Gasteiger partial charge in [-0.05, 0) is 37.1 Å². The van der Waals surface area contributed by atoms with Crippen LogP contribution < -0.4 is 4.90 Å². The van der Waals surface area contributed by atoms with Crippen molar-refractivity contribution in [2.24, 2.45) is 4.99 Å². The molecule has 1 aromatic rings. The van der Waals surface area contributed by atoms with E-state index in [2.05, 4.69) is 47.9 Å². The summed E-state index contributed by atoms with van der Waals surface area (Å²) in [5.74, 6) is 1.13. The number of para-hydroxylation sites is 1.